The lowest BCUT2D eigenvalue weighted by Crippen LogP contribution is -2.16. The Balaban J connectivity index is 1.58. The van der Waals surface area contributed by atoms with Crippen LogP contribution in [0.25, 0.3) is 11.4 Å². The molecule has 0 saturated carbocycles. The predicted molar refractivity (Wildman–Crippen MR) is 121 cm³/mol. The molecule has 0 aliphatic heterocycles. The first-order chi connectivity index (χ1) is 14.7. The van der Waals surface area contributed by atoms with Gasteiger partial charge in [0.05, 0.1) is 25.0 Å². The van der Waals surface area contributed by atoms with Gasteiger partial charge in [0.15, 0.2) is 11.0 Å². The number of thioether (sulfide) groups is 1. The zero-order chi connectivity index (χ0) is 22.6. The van der Waals surface area contributed by atoms with E-state index in [0.29, 0.717) is 21.8 Å². The minimum absolute atomic E-state index is 0.0563. The average molecular weight is 461 g/mol. The molecule has 0 spiro atoms. The van der Waals surface area contributed by atoms with Gasteiger partial charge in [0.1, 0.15) is 0 Å². The standard InChI is InChI=1S/C20H24N6O3S2/c1-20(2,3)13-7-5-12(6-8-13)17-24-25-19(26(17)21)31-11-15(27)23-18-22-14(10-30-18)9-16(28)29-4/h5-8,10H,9,11,21H2,1-4H3,(H,22,23,27). The first-order valence-electron chi connectivity index (χ1n) is 9.42. The lowest BCUT2D eigenvalue weighted by molar-refractivity contribution is -0.139. The fourth-order valence-electron chi connectivity index (χ4n) is 2.64. The number of amides is 1. The number of hydrogen-bond donors (Lipinski definition) is 2. The highest BCUT2D eigenvalue weighted by molar-refractivity contribution is 7.99. The average Bonchev–Trinajstić information content (AvgIpc) is 3.31. The van der Waals surface area contributed by atoms with Crippen LogP contribution in [-0.2, 0) is 26.2 Å². The van der Waals surface area contributed by atoms with Crippen molar-refractivity contribution < 1.29 is 14.3 Å². The van der Waals surface area contributed by atoms with Gasteiger partial charge in [0, 0.05) is 10.9 Å². The largest absolute Gasteiger partial charge is 0.469 e. The van der Waals surface area contributed by atoms with Crippen molar-refractivity contribution in [1.82, 2.24) is 19.9 Å². The van der Waals surface area contributed by atoms with Crippen LogP contribution < -0.4 is 11.2 Å². The molecule has 164 valence electrons. The van der Waals surface area contributed by atoms with Crippen molar-refractivity contribution in [2.24, 2.45) is 0 Å². The lowest BCUT2D eigenvalue weighted by atomic mass is 9.87. The Morgan fingerprint density at radius 2 is 1.94 bits per heavy atom. The van der Waals surface area contributed by atoms with E-state index in [1.165, 1.54) is 40.4 Å². The SMILES string of the molecule is COC(=O)Cc1csc(NC(=O)CSc2nnc(-c3ccc(C(C)(C)C)cc3)n2N)n1. The fourth-order valence-corrected chi connectivity index (χ4v) is 4.03. The summed E-state index contributed by atoms with van der Waals surface area (Å²) in [4.78, 5) is 27.7. The van der Waals surface area contributed by atoms with Crippen molar-refractivity contribution in [1.29, 1.82) is 0 Å². The van der Waals surface area contributed by atoms with Gasteiger partial charge in [-0.25, -0.2) is 9.66 Å². The topological polar surface area (TPSA) is 125 Å². The molecule has 0 aliphatic carbocycles. The maximum atomic E-state index is 12.2. The van der Waals surface area contributed by atoms with E-state index in [9.17, 15) is 9.59 Å². The predicted octanol–water partition coefficient (Wildman–Crippen LogP) is 2.86. The molecule has 11 heteroatoms. The molecule has 0 bridgehead atoms. The highest BCUT2D eigenvalue weighted by Crippen LogP contribution is 2.26. The number of hydrogen-bond acceptors (Lipinski definition) is 9. The van der Waals surface area contributed by atoms with E-state index in [2.05, 4.69) is 46.0 Å². The third-order valence-electron chi connectivity index (χ3n) is 4.36. The summed E-state index contributed by atoms with van der Waals surface area (Å²) in [6, 6.07) is 8.02. The van der Waals surface area contributed by atoms with Crippen LogP contribution in [0.5, 0.6) is 0 Å². The molecule has 1 aromatic carbocycles. The van der Waals surface area contributed by atoms with Crippen LogP contribution in [0.4, 0.5) is 5.13 Å². The van der Waals surface area contributed by atoms with Gasteiger partial charge >= 0.3 is 5.97 Å². The number of nitrogens with one attached hydrogen (secondary N) is 1. The van der Waals surface area contributed by atoms with Crippen LogP contribution >= 0.6 is 23.1 Å². The molecule has 1 amide bonds. The van der Waals surface area contributed by atoms with Crippen molar-refractivity contribution in [3.05, 3.63) is 40.9 Å². The number of carbonyl (C=O) groups is 2. The second-order valence-corrected chi connectivity index (χ2v) is 9.54. The van der Waals surface area contributed by atoms with E-state index in [1.807, 2.05) is 24.3 Å². The van der Waals surface area contributed by atoms with Crippen molar-refractivity contribution in [3.63, 3.8) is 0 Å². The smallest absolute Gasteiger partial charge is 0.311 e. The van der Waals surface area contributed by atoms with Crippen LogP contribution in [-0.4, -0.2) is 44.6 Å². The molecule has 3 N–H and O–H groups in total. The number of esters is 1. The zero-order valence-corrected chi connectivity index (χ0v) is 19.3. The lowest BCUT2D eigenvalue weighted by Gasteiger charge is -2.19. The number of aromatic nitrogens is 4. The van der Waals surface area contributed by atoms with Gasteiger partial charge in [0.25, 0.3) is 0 Å². The maximum Gasteiger partial charge on any atom is 0.311 e. The van der Waals surface area contributed by atoms with Crippen LogP contribution in [0.15, 0.2) is 34.8 Å². The number of thiazole rings is 1. The highest BCUT2D eigenvalue weighted by Gasteiger charge is 2.17. The Morgan fingerprint density at radius 3 is 2.58 bits per heavy atom. The monoisotopic (exact) mass is 460 g/mol. The maximum absolute atomic E-state index is 12.2. The van der Waals surface area contributed by atoms with E-state index >= 15 is 0 Å². The molecule has 31 heavy (non-hydrogen) atoms. The number of carbonyl (C=O) groups excluding carboxylic acids is 2. The van der Waals surface area contributed by atoms with Crippen LogP contribution in [0, 0.1) is 0 Å². The van der Waals surface area contributed by atoms with E-state index in [1.54, 1.807) is 5.38 Å². The summed E-state index contributed by atoms with van der Waals surface area (Å²) >= 11 is 2.41. The number of rotatable bonds is 7. The summed E-state index contributed by atoms with van der Waals surface area (Å²) in [5.74, 6) is 6.11. The number of methoxy groups -OCH3 is 1. The quantitative estimate of drug-likeness (QED) is 0.313. The summed E-state index contributed by atoms with van der Waals surface area (Å²) in [5, 5.41) is 13.5. The van der Waals surface area contributed by atoms with Gasteiger partial charge in [-0.2, -0.15) is 0 Å². The van der Waals surface area contributed by atoms with Gasteiger partial charge in [-0.3, -0.25) is 9.59 Å². The molecule has 0 unspecified atom stereocenters. The second kappa shape index (κ2) is 9.48. The molecule has 9 nitrogen and oxygen atoms in total. The number of nitrogens with zero attached hydrogens (tertiary/aromatic N) is 4. The Labute approximate surface area is 188 Å². The number of nitrogen functional groups attached to an aromatic ring is 1. The molecule has 2 heterocycles. The van der Waals surface area contributed by atoms with Gasteiger partial charge in [-0.05, 0) is 11.0 Å². The van der Waals surface area contributed by atoms with Crippen LogP contribution in [0.1, 0.15) is 32.0 Å². The first-order valence-corrected chi connectivity index (χ1v) is 11.3. The van der Waals surface area contributed by atoms with Crippen molar-refractivity contribution in [3.8, 4) is 11.4 Å². The zero-order valence-electron chi connectivity index (χ0n) is 17.7. The summed E-state index contributed by atoms with van der Waals surface area (Å²) in [6.07, 6.45) is 0.0629. The highest BCUT2D eigenvalue weighted by atomic mass is 32.2. The Kier molecular flexibility index (Phi) is 6.96. The molecule has 0 aliphatic rings. The molecule has 3 rings (SSSR count). The van der Waals surface area contributed by atoms with Crippen LogP contribution in [0.2, 0.25) is 0 Å². The third kappa shape index (κ3) is 5.82. The van der Waals surface area contributed by atoms with Gasteiger partial charge < -0.3 is 15.9 Å². The Bertz CT molecular complexity index is 1070. The number of nitrogens with two attached hydrogens (primary N) is 1. The van der Waals surface area contributed by atoms with Gasteiger partial charge in [-0.1, -0.05) is 56.8 Å². The molecule has 0 fully saturated rings. The Morgan fingerprint density at radius 1 is 1.23 bits per heavy atom. The minimum atomic E-state index is -0.384. The van der Waals surface area contributed by atoms with Crippen molar-refractivity contribution >= 4 is 40.1 Å². The molecule has 0 saturated heterocycles. The summed E-state index contributed by atoms with van der Waals surface area (Å²) in [5.41, 5.74) is 2.66. The normalized spacial score (nSPS) is 11.4. The first kappa shape index (κ1) is 22.8. The van der Waals surface area contributed by atoms with Gasteiger partial charge in [-0.15, -0.1) is 21.5 Å². The molecule has 0 radical (unpaired) electrons. The summed E-state index contributed by atoms with van der Waals surface area (Å²) < 4.78 is 5.98. The van der Waals surface area contributed by atoms with Crippen LogP contribution in [0.3, 0.4) is 0 Å². The molecule has 3 aromatic rings. The molecule has 2 aromatic heterocycles. The molecular formula is C20H24N6O3S2. The third-order valence-corrected chi connectivity index (χ3v) is 6.11. The van der Waals surface area contributed by atoms with E-state index in [4.69, 9.17) is 5.84 Å². The second-order valence-electron chi connectivity index (χ2n) is 7.74. The van der Waals surface area contributed by atoms with E-state index < -0.39 is 0 Å². The van der Waals surface area contributed by atoms with E-state index in [-0.39, 0.29) is 29.5 Å². The van der Waals surface area contributed by atoms with E-state index in [0.717, 1.165) is 5.56 Å². The Hall–Kier alpha value is -2.92. The van der Waals surface area contributed by atoms with Crippen molar-refractivity contribution in [2.45, 2.75) is 37.8 Å². The van der Waals surface area contributed by atoms with Crippen molar-refractivity contribution in [2.75, 3.05) is 24.0 Å². The summed E-state index contributed by atoms with van der Waals surface area (Å²) in [7, 11) is 1.32. The number of benzene rings is 1. The summed E-state index contributed by atoms with van der Waals surface area (Å²) in [6.45, 7) is 6.46. The molecular weight excluding hydrogens is 436 g/mol. The fraction of sp³-hybridized carbons (Fsp3) is 0.350. The minimum Gasteiger partial charge on any atom is -0.469 e. The molecule has 0 atom stereocenters. The number of anilines is 1. The number of ether oxygens (including phenoxy) is 1. The van der Waals surface area contributed by atoms with Gasteiger partial charge in [0.2, 0.25) is 11.1 Å².